The topological polar surface area (TPSA) is 44.1 Å². The Bertz CT molecular complexity index is 735. The smallest absolute Gasteiger partial charge is 0.326 e. The van der Waals surface area contributed by atoms with Crippen LogP contribution < -0.4 is 0 Å². The third-order valence-electron chi connectivity index (χ3n) is 5.58. The Kier molecular flexibility index (Phi) is 5.45. The number of benzene rings is 1. The Hall–Kier alpha value is -1.84. The number of hydrogen-bond donors (Lipinski definition) is 0. The van der Waals surface area contributed by atoms with Gasteiger partial charge < -0.3 is 9.30 Å². The summed E-state index contributed by atoms with van der Waals surface area (Å²) in [5, 5.41) is 0. The number of nitrogens with zero attached hydrogens (tertiary/aromatic N) is 2. The lowest BCUT2D eigenvalue weighted by molar-refractivity contribution is -0.156. The fraction of sp³-hybridized carbons (Fsp3) is 0.619. The quantitative estimate of drug-likeness (QED) is 0.746. The molecule has 0 amide bonds. The second-order valence-corrected chi connectivity index (χ2v) is 7.81. The van der Waals surface area contributed by atoms with Gasteiger partial charge in [0.1, 0.15) is 18.5 Å². The van der Waals surface area contributed by atoms with Crippen molar-refractivity contribution < 1.29 is 9.53 Å². The van der Waals surface area contributed by atoms with Gasteiger partial charge in [0.25, 0.3) is 0 Å². The van der Waals surface area contributed by atoms with Crippen molar-refractivity contribution in [3.05, 3.63) is 30.1 Å². The first-order valence-corrected chi connectivity index (χ1v) is 9.63. The van der Waals surface area contributed by atoms with E-state index in [-0.39, 0.29) is 18.6 Å². The third kappa shape index (κ3) is 3.88. The molecule has 2 aromatic rings. The molecule has 0 aliphatic heterocycles. The van der Waals surface area contributed by atoms with E-state index in [1.54, 1.807) is 0 Å². The van der Waals surface area contributed by atoms with Gasteiger partial charge >= 0.3 is 5.97 Å². The minimum Gasteiger partial charge on any atom is -0.461 e. The van der Waals surface area contributed by atoms with Crippen molar-refractivity contribution in [1.29, 1.82) is 0 Å². The van der Waals surface area contributed by atoms with Gasteiger partial charge in [-0.1, -0.05) is 46.2 Å². The number of rotatable bonds is 5. The number of aromatic nitrogens is 2. The highest BCUT2D eigenvalue weighted by atomic mass is 16.5. The fourth-order valence-electron chi connectivity index (χ4n) is 4.16. The van der Waals surface area contributed by atoms with Crippen molar-refractivity contribution >= 4 is 17.0 Å². The Morgan fingerprint density at radius 1 is 1.32 bits per heavy atom. The normalized spacial score (nSPS) is 24.0. The van der Waals surface area contributed by atoms with E-state index >= 15 is 0 Å². The molecule has 1 aromatic heterocycles. The molecule has 4 nitrogen and oxygen atoms in total. The molecule has 1 aliphatic carbocycles. The van der Waals surface area contributed by atoms with Gasteiger partial charge in [-0.05, 0) is 42.7 Å². The number of carbonyl (C=O) groups excluding carboxylic acids is 1. The molecule has 0 N–H and O–H groups in total. The highest BCUT2D eigenvalue weighted by Gasteiger charge is 2.33. The summed E-state index contributed by atoms with van der Waals surface area (Å²) in [6.07, 6.45) is 4.24. The molecule has 1 fully saturated rings. The molecule has 3 atom stereocenters. The predicted molar refractivity (Wildman–Crippen MR) is 100 cm³/mol. The lowest BCUT2D eigenvalue weighted by atomic mass is 9.75. The van der Waals surface area contributed by atoms with Gasteiger partial charge in [0.15, 0.2) is 0 Å². The maximum Gasteiger partial charge on any atom is 0.326 e. The Labute approximate surface area is 150 Å². The first kappa shape index (κ1) is 18.0. The number of aryl methyl sites for hydroxylation is 1. The zero-order valence-corrected chi connectivity index (χ0v) is 15.9. The summed E-state index contributed by atoms with van der Waals surface area (Å²) < 4.78 is 7.98. The van der Waals surface area contributed by atoms with E-state index in [0.29, 0.717) is 17.8 Å². The summed E-state index contributed by atoms with van der Waals surface area (Å²) in [6, 6.07) is 7.99. The van der Waals surface area contributed by atoms with E-state index in [2.05, 4.69) is 32.7 Å². The van der Waals surface area contributed by atoms with E-state index in [0.717, 1.165) is 36.1 Å². The van der Waals surface area contributed by atoms with Crippen molar-refractivity contribution in [2.75, 3.05) is 0 Å². The number of esters is 1. The molecule has 1 aromatic carbocycles. The molecule has 136 valence electrons. The lowest BCUT2D eigenvalue weighted by Gasteiger charge is -2.36. The standard InChI is InChI=1S/C21H30N2O2/c1-5-20-22-17-8-6-7-9-18(17)23(20)13-21(24)25-19-12-15(4)10-11-16(19)14(2)3/h6-9,14-16,19H,5,10-13H2,1-4H3/t15-,16+,19?/m1/s1. The summed E-state index contributed by atoms with van der Waals surface area (Å²) in [5.74, 6) is 2.46. The molecule has 1 unspecified atom stereocenters. The molecule has 1 aliphatic rings. The van der Waals surface area contributed by atoms with Crippen LogP contribution in [0.1, 0.15) is 52.8 Å². The molecular formula is C21H30N2O2. The second-order valence-electron chi connectivity index (χ2n) is 7.81. The summed E-state index contributed by atoms with van der Waals surface area (Å²) in [5.41, 5.74) is 1.95. The molecule has 1 saturated carbocycles. The molecule has 0 bridgehead atoms. The highest BCUT2D eigenvalue weighted by molar-refractivity contribution is 5.79. The van der Waals surface area contributed by atoms with Crippen LogP contribution in [0.4, 0.5) is 0 Å². The van der Waals surface area contributed by atoms with E-state index in [1.165, 1.54) is 6.42 Å². The molecule has 1 heterocycles. The van der Waals surface area contributed by atoms with Crippen LogP contribution >= 0.6 is 0 Å². The van der Waals surface area contributed by atoms with Crippen LogP contribution in [0.2, 0.25) is 0 Å². The number of para-hydroxylation sites is 2. The SMILES string of the molecule is CCc1nc2ccccc2n1CC(=O)OC1C[C@H](C)CC[C@H]1C(C)C. The third-order valence-corrected chi connectivity index (χ3v) is 5.58. The zero-order valence-electron chi connectivity index (χ0n) is 15.9. The van der Waals surface area contributed by atoms with E-state index in [1.807, 2.05) is 28.8 Å². The van der Waals surface area contributed by atoms with Crippen molar-refractivity contribution in [1.82, 2.24) is 9.55 Å². The fourth-order valence-corrected chi connectivity index (χ4v) is 4.16. The average Bonchev–Trinajstić information content (AvgIpc) is 2.92. The molecule has 4 heteroatoms. The maximum absolute atomic E-state index is 12.7. The molecule has 0 spiro atoms. The summed E-state index contributed by atoms with van der Waals surface area (Å²) >= 11 is 0. The van der Waals surface area contributed by atoms with Gasteiger partial charge in [0.2, 0.25) is 0 Å². The maximum atomic E-state index is 12.7. The second kappa shape index (κ2) is 7.59. The van der Waals surface area contributed by atoms with E-state index in [9.17, 15) is 4.79 Å². The number of ether oxygens (including phenoxy) is 1. The summed E-state index contributed by atoms with van der Waals surface area (Å²) in [4.78, 5) is 17.3. The van der Waals surface area contributed by atoms with Crippen LogP contribution in [0, 0.1) is 17.8 Å². The van der Waals surface area contributed by atoms with Gasteiger partial charge in [-0.3, -0.25) is 4.79 Å². The number of imidazole rings is 1. The van der Waals surface area contributed by atoms with E-state index < -0.39 is 0 Å². The van der Waals surface area contributed by atoms with Crippen LogP contribution in [0.5, 0.6) is 0 Å². The lowest BCUT2D eigenvalue weighted by Crippen LogP contribution is -2.36. The van der Waals surface area contributed by atoms with Crippen LogP contribution in [-0.4, -0.2) is 21.6 Å². The highest BCUT2D eigenvalue weighted by Crippen LogP contribution is 2.35. The van der Waals surface area contributed by atoms with Crippen molar-refractivity contribution in [3.63, 3.8) is 0 Å². The zero-order chi connectivity index (χ0) is 18.0. The van der Waals surface area contributed by atoms with Gasteiger partial charge in [-0.2, -0.15) is 0 Å². The Balaban J connectivity index is 1.76. The van der Waals surface area contributed by atoms with Gasteiger partial charge in [-0.25, -0.2) is 4.98 Å². The Morgan fingerprint density at radius 2 is 2.08 bits per heavy atom. The Morgan fingerprint density at radius 3 is 2.80 bits per heavy atom. The van der Waals surface area contributed by atoms with Crippen LogP contribution in [-0.2, 0) is 22.5 Å². The van der Waals surface area contributed by atoms with Crippen molar-refractivity contribution in [3.8, 4) is 0 Å². The van der Waals surface area contributed by atoms with Crippen molar-refractivity contribution in [2.45, 2.75) is 66.0 Å². The van der Waals surface area contributed by atoms with Crippen LogP contribution in [0.3, 0.4) is 0 Å². The number of hydrogen-bond acceptors (Lipinski definition) is 3. The van der Waals surface area contributed by atoms with Crippen LogP contribution in [0.25, 0.3) is 11.0 Å². The molecule has 0 saturated heterocycles. The molecule has 25 heavy (non-hydrogen) atoms. The minimum atomic E-state index is -0.136. The monoisotopic (exact) mass is 342 g/mol. The first-order chi connectivity index (χ1) is 12.0. The average molecular weight is 342 g/mol. The van der Waals surface area contributed by atoms with Gasteiger partial charge in [0.05, 0.1) is 11.0 Å². The van der Waals surface area contributed by atoms with Crippen molar-refractivity contribution in [2.24, 2.45) is 17.8 Å². The van der Waals surface area contributed by atoms with Gasteiger partial charge in [0, 0.05) is 6.42 Å². The summed E-state index contributed by atoms with van der Waals surface area (Å²) in [7, 11) is 0. The minimum absolute atomic E-state index is 0.0520. The number of carbonyl (C=O) groups is 1. The predicted octanol–water partition coefficient (Wildman–Crippen LogP) is 4.60. The largest absolute Gasteiger partial charge is 0.461 e. The molecular weight excluding hydrogens is 312 g/mol. The molecule has 0 radical (unpaired) electrons. The van der Waals surface area contributed by atoms with E-state index in [4.69, 9.17) is 4.74 Å². The van der Waals surface area contributed by atoms with Gasteiger partial charge in [-0.15, -0.1) is 0 Å². The number of fused-ring (bicyclic) bond motifs is 1. The van der Waals surface area contributed by atoms with Crippen LogP contribution in [0.15, 0.2) is 24.3 Å². The first-order valence-electron chi connectivity index (χ1n) is 9.63. The molecule has 3 rings (SSSR count). The summed E-state index contributed by atoms with van der Waals surface area (Å²) in [6.45, 7) is 9.05.